The molecule has 1 fully saturated rings. The largest absolute Gasteiger partial charge is 0.507 e. The van der Waals surface area contributed by atoms with Crippen molar-refractivity contribution in [2.45, 2.75) is 38.0 Å². The zero-order valence-corrected chi connectivity index (χ0v) is 10.8. The highest BCUT2D eigenvalue weighted by Gasteiger charge is 2.26. The van der Waals surface area contributed by atoms with E-state index in [1.807, 2.05) is 6.07 Å². The molecule has 19 heavy (non-hydrogen) atoms. The predicted octanol–water partition coefficient (Wildman–Crippen LogP) is 4.00. The molecule has 0 bridgehead atoms. The Bertz CT molecular complexity index is 613. The Balaban J connectivity index is 2.23. The first-order valence-electron chi connectivity index (χ1n) is 6.85. The molecule has 2 aromatic carbocycles. The van der Waals surface area contributed by atoms with Crippen LogP contribution in [0.3, 0.4) is 0 Å². The molecule has 0 unspecified atom stereocenters. The van der Waals surface area contributed by atoms with Gasteiger partial charge in [0.2, 0.25) is 0 Å². The van der Waals surface area contributed by atoms with Crippen LogP contribution in [0.25, 0.3) is 10.8 Å². The first-order chi connectivity index (χ1) is 9.20. The number of fused-ring (bicyclic) bond motifs is 1. The monoisotopic (exact) mass is 258 g/mol. The third-order valence-corrected chi connectivity index (χ3v) is 4.19. The summed E-state index contributed by atoms with van der Waals surface area (Å²) in [4.78, 5) is 0. The maximum absolute atomic E-state index is 10.4. The molecule has 0 heterocycles. The van der Waals surface area contributed by atoms with E-state index in [1.54, 1.807) is 18.2 Å². The van der Waals surface area contributed by atoms with E-state index in [2.05, 4.69) is 0 Å². The quantitative estimate of drug-likeness (QED) is 0.535. The van der Waals surface area contributed by atoms with Gasteiger partial charge >= 0.3 is 0 Å². The Kier molecular flexibility index (Phi) is 2.97. The van der Waals surface area contributed by atoms with Gasteiger partial charge in [0.05, 0.1) is 0 Å². The second-order valence-corrected chi connectivity index (χ2v) is 5.34. The van der Waals surface area contributed by atoms with Crippen LogP contribution in [0.15, 0.2) is 24.3 Å². The molecule has 0 amide bonds. The van der Waals surface area contributed by atoms with Crippen LogP contribution in [-0.2, 0) is 0 Å². The fourth-order valence-electron chi connectivity index (χ4n) is 3.19. The van der Waals surface area contributed by atoms with Crippen LogP contribution in [0.2, 0.25) is 0 Å². The van der Waals surface area contributed by atoms with Crippen molar-refractivity contribution in [2.24, 2.45) is 0 Å². The molecule has 0 aliphatic heterocycles. The molecule has 0 saturated heterocycles. The molecule has 1 aliphatic rings. The summed E-state index contributed by atoms with van der Waals surface area (Å²) < 4.78 is 0. The number of hydrogen-bond donors (Lipinski definition) is 3. The van der Waals surface area contributed by atoms with Crippen molar-refractivity contribution in [3.8, 4) is 17.2 Å². The van der Waals surface area contributed by atoms with Gasteiger partial charge in [-0.15, -0.1) is 0 Å². The van der Waals surface area contributed by atoms with Gasteiger partial charge in [0.25, 0.3) is 0 Å². The summed E-state index contributed by atoms with van der Waals surface area (Å²) >= 11 is 0. The first-order valence-corrected chi connectivity index (χ1v) is 6.85. The second-order valence-electron chi connectivity index (χ2n) is 5.34. The normalized spacial score (nSPS) is 16.8. The molecule has 0 radical (unpaired) electrons. The van der Waals surface area contributed by atoms with E-state index < -0.39 is 0 Å². The molecule has 100 valence electrons. The minimum atomic E-state index is -0.150. The van der Waals surface area contributed by atoms with Gasteiger partial charge in [-0.05, 0) is 18.8 Å². The van der Waals surface area contributed by atoms with E-state index in [9.17, 15) is 15.3 Å². The van der Waals surface area contributed by atoms with Crippen molar-refractivity contribution in [3.05, 3.63) is 29.8 Å². The first kappa shape index (κ1) is 12.2. The van der Waals surface area contributed by atoms with Crippen LogP contribution >= 0.6 is 0 Å². The van der Waals surface area contributed by atoms with E-state index in [0.717, 1.165) is 25.7 Å². The van der Waals surface area contributed by atoms with Crippen molar-refractivity contribution in [3.63, 3.8) is 0 Å². The molecule has 0 aromatic heterocycles. The number of phenols is 3. The maximum atomic E-state index is 10.4. The minimum absolute atomic E-state index is 0.117. The van der Waals surface area contributed by atoms with E-state index in [0.29, 0.717) is 16.3 Å². The topological polar surface area (TPSA) is 60.7 Å². The third kappa shape index (κ3) is 1.89. The van der Waals surface area contributed by atoms with Gasteiger partial charge < -0.3 is 15.3 Å². The van der Waals surface area contributed by atoms with Crippen LogP contribution in [0.5, 0.6) is 17.2 Å². The Morgan fingerprint density at radius 3 is 1.95 bits per heavy atom. The lowest BCUT2D eigenvalue weighted by molar-refractivity contribution is 0.370. The second kappa shape index (κ2) is 4.65. The molecule has 2 aromatic rings. The van der Waals surface area contributed by atoms with Crippen molar-refractivity contribution < 1.29 is 15.3 Å². The molecule has 3 rings (SSSR count). The number of rotatable bonds is 1. The average Bonchev–Trinajstić information content (AvgIpc) is 2.46. The SMILES string of the molecule is Oc1c(C2CCCCC2)c(O)c2ccccc2c1O. The molecule has 3 heteroatoms. The molecular formula is C16H18O3. The molecule has 3 N–H and O–H groups in total. The predicted molar refractivity (Wildman–Crippen MR) is 74.8 cm³/mol. The summed E-state index contributed by atoms with van der Waals surface area (Å²) in [5.41, 5.74) is 0.524. The zero-order chi connectivity index (χ0) is 13.4. The Morgan fingerprint density at radius 2 is 1.32 bits per heavy atom. The fraction of sp³-hybridized carbons (Fsp3) is 0.375. The Hall–Kier alpha value is -1.90. The van der Waals surface area contributed by atoms with E-state index in [1.165, 1.54) is 6.42 Å². The van der Waals surface area contributed by atoms with Gasteiger partial charge in [-0.3, -0.25) is 0 Å². The summed E-state index contributed by atoms with van der Waals surface area (Å²) in [5.74, 6) is -0.000806. The highest BCUT2D eigenvalue weighted by Crippen LogP contribution is 2.50. The maximum Gasteiger partial charge on any atom is 0.166 e. The number of phenolic OH excluding ortho intramolecular Hbond substituents is 3. The average molecular weight is 258 g/mol. The minimum Gasteiger partial charge on any atom is -0.507 e. The summed E-state index contributed by atoms with van der Waals surface area (Å²) in [6.07, 6.45) is 5.34. The smallest absolute Gasteiger partial charge is 0.166 e. The van der Waals surface area contributed by atoms with Crippen molar-refractivity contribution in [1.82, 2.24) is 0 Å². The van der Waals surface area contributed by atoms with Gasteiger partial charge in [-0.1, -0.05) is 43.5 Å². The van der Waals surface area contributed by atoms with Crippen molar-refractivity contribution >= 4 is 10.8 Å². The summed E-state index contributed by atoms with van der Waals surface area (Å²) in [6.45, 7) is 0. The van der Waals surface area contributed by atoms with Crippen LogP contribution in [0.4, 0.5) is 0 Å². The highest BCUT2D eigenvalue weighted by molar-refractivity contribution is 5.96. The molecule has 0 atom stereocenters. The van der Waals surface area contributed by atoms with Crippen LogP contribution < -0.4 is 0 Å². The van der Waals surface area contributed by atoms with Crippen LogP contribution in [-0.4, -0.2) is 15.3 Å². The lowest BCUT2D eigenvalue weighted by Crippen LogP contribution is -2.05. The number of benzene rings is 2. The van der Waals surface area contributed by atoms with Crippen molar-refractivity contribution in [1.29, 1.82) is 0 Å². The Morgan fingerprint density at radius 1 is 0.737 bits per heavy atom. The van der Waals surface area contributed by atoms with E-state index in [4.69, 9.17) is 0 Å². The van der Waals surface area contributed by atoms with Crippen molar-refractivity contribution in [2.75, 3.05) is 0 Å². The number of hydrogen-bond acceptors (Lipinski definition) is 3. The highest BCUT2D eigenvalue weighted by atomic mass is 16.3. The number of aromatic hydroxyl groups is 3. The summed E-state index contributed by atoms with van der Waals surface area (Å²) in [7, 11) is 0. The Labute approximate surface area is 112 Å². The lowest BCUT2D eigenvalue weighted by Gasteiger charge is -2.24. The van der Waals surface area contributed by atoms with E-state index in [-0.39, 0.29) is 23.2 Å². The standard InChI is InChI=1S/C16H18O3/c17-14-11-8-4-5-9-12(11)15(18)16(19)13(14)10-6-2-1-3-7-10/h4-5,8-10,17-19H,1-3,6-7H2. The van der Waals surface area contributed by atoms with Gasteiger partial charge in [0, 0.05) is 16.3 Å². The molecule has 0 spiro atoms. The van der Waals surface area contributed by atoms with Crippen LogP contribution in [0, 0.1) is 0 Å². The fourth-order valence-corrected chi connectivity index (χ4v) is 3.19. The molecular weight excluding hydrogens is 240 g/mol. The molecule has 1 saturated carbocycles. The van der Waals surface area contributed by atoms with E-state index >= 15 is 0 Å². The third-order valence-electron chi connectivity index (χ3n) is 4.19. The lowest BCUT2D eigenvalue weighted by atomic mass is 9.82. The van der Waals surface area contributed by atoms with Gasteiger partial charge in [0.1, 0.15) is 5.75 Å². The molecule has 1 aliphatic carbocycles. The van der Waals surface area contributed by atoms with Gasteiger partial charge in [-0.2, -0.15) is 0 Å². The van der Waals surface area contributed by atoms with Crippen LogP contribution in [0.1, 0.15) is 43.6 Å². The summed E-state index contributed by atoms with van der Waals surface area (Å²) in [5, 5.41) is 31.9. The van der Waals surface area contributed by atoms with Gasteiger partial charge in [0.15, 0.2) is 11.5 Å². The summed E-state index contributed by atoms with van der Waals surface area (Å²) in [6, 6.07) is 7.08. The molecule has 3 nitrogen and oxygen atoms in total. The zero-order valence-electron chi connectivity index (χ0n) is 10.8. The van der Waals surface area contributed by atoms with Gasteiger partial charge in [-0.25, -0.2) is 0 Å².